The van der Waals surface area contributed by atoms with Crippen molar-refractivity contribution in [3.8, 4) is 17.6 Å². The highest BCUT2D eigenvalue weighted by Gasteiger charge is 2.52. The van der Waals surface area contributed by atoms with Gasteiger partial charge in [0.1, 0.15) is 17.6 Å². The fourth-order valence-corrected chi connectivity index (χ4v) is 4.73. The molecule has 1 amide bonds. The Kier molecular flexibility index (Phi) is 8.98. The number of amides is 1. The molecule has 1 saturated heterocycles. The first-order chi connectivity index (χ1) is 17.4. The third kappa shape index (κ3) is 6.68. The summed E-state index contributed by atoms with van der Waals surface area (Å²) in [5.41, 5.74) is -3.48. The summed E-state index contributed by atoms with van der Waals surface area (Å²) in [6.07, 6.45) is -4.14. The van der Waals surface area contributed by atoms with Crippen LogP contribution in [0.15, 0.2) is 42.5 Å². The summed E-state index contributed by atoms with van der Waals surface area (Å²) in [4.78, 5) is 28.5. The molecule has 1 aliphatic rings. The molecule has 1 heterocycles. The van der Waals surface area contributed by atoms with Crippen molar-refractivity contribution in [1.82, 2.24) is 4.90 Å². The molecule has 2 aromatic carbocycles. The van der Waals surface area contributed by atoms with Crippen molar-refractivity contribution >= 4 is 34.9 Å². The van der Waals surface area contributed by atoms with E-state index in [1.165, 1.54) is 17.0 Å². The second kappa shape index (κ2) is 11.6. The van der Waals surface area contributed by atoms with Gasteiger partial charge in [0.15, 0.2) is 0 Å². The summed E-state index contributed by atoms with van der Waals surface area (Å²) in [7, 11) is 0. The van der Waals surface area contributed by atoms with Gasteiger partial charge in [-0.05, 0) is 48.6 Å². The molecule has 0 spiro atoms. The fraction of sp³-hybridized carbons (Fsp3) is 0.423. The normalized spacial score (nSPS) is 19.5. The topological polar surface area (TPSA) is 79.6 Å². The van der Waals surface area contributed by atoms with E-state index >= 15 is 0 Å². The van der Waals surface area contributed by atoms with Crippen LogP contribution in [0, 0.1) is 23.2 Å². The van der Waals surface area contributed by atoms with E-state index in [4.69, 9.17) is 32.7 Å². The minimum Gasteiger partial charge on any atom is -0.492 e. The highest BCUT2D eigenvalue weighted by molar-refractivity contribution is 6.32. The molecule has 3 atom stereocenters. The van der Waals surface area contributed by atoms with Gasteiger partial charge in [0.25, 0.3) is 5.91 Å². The standard InChI is InChI=1S/C26H25Cl2F3N2O4/c1-16-11-17(2)14-33(13-16)24(35)25(15-32,37-22-6-4-3-5-19(22)27)23(34)9-10-36-21-8-7-18(12-20(21)28)26(29,30)31/h3-8,12,16-17H,9-11,13-14H2,1-2H3. The van der Waals surface area contributed by atoms with Crippen LogP contribution in [0.2, 0.25) is 10.0 Å². The van der Waals surface area contributed by atoms with Crippen LogP contribution in [0.1, 0.15) is 32.3 Å². The Morgan fingerprint density at radius 1 is 1.05 bits per heavy atom. The number of halogens is 5. The SMILES string of the molecule is CC1CC(C)CN(C(=O)C(C#N)(Oc2ccccc2Cl)C(=O)CCOc2ccc(C(F)(F)F)cc2Cl)C1. The van der Waals surface area contributed by atoms with E-state index < -0.39 is 35.5 Å². The average Bonchev–Trinajstić information content (AvgIpc) is 2.83. The number of para-hydroxylation sites is 1. The smallest absolute Gasteiger partial charge is 0.416 e. The Morgan fingerprint density at radius 3 is 2.27 bits per heavy atom. The van der Waals surface area contributed by atoms with Crippen molar-refractivity contribution in [2.45, 2.75) is 38.5 Å². The average molecular weight is 557 g/mol. The highest BCUT2D eigenvalue weighted by atomic mass is 35.5. The van der Waals surface area contributed by atoms with Crippen molar-refractivity contribution in [3.63, 3.8) is 0 Å². The Bertz CT molecular complexity index is 1190. The van der Waals surface area contributed by atoms with Crippen molar-refractivity contribution in [3.05, 3.63) is 58.1 Å². The first-order valence-electron chi connectivity index (χ1n) is 11.5. The number of nitrogens with zero attached hydrogens (tertiary/aromatic N) is 2. The molecule has 11 heteroatoms. The van der Waals surface area contributed by atoms with Gasteiger partial charge in [0.05, 0.1) is 22.2 Å². The van der Waals surface area contributed by atoms with Gasteiger partial charge in [-0.2, -0.15) is 18.4 Å². The van der Waals surface area contributed by atoms with Gasteiger partial charge in [-0.15, -0.1) is 0 Å². The molecule has 1 aliphatic heterocycles. The van der Waals surface area contributed by atoms with Crippen LogP contribution in [-0.4, -0.2) is 41.9 Å². The number of carbonyl (C=O) groups is 2. The predicted molar refractivity (Wildman–Crippen MR) is 132 cm³/mol. The summed E-state index contributed by atoms with van der Waals surface area (Å²) < 4.78 is 49.8. The van der Waals surface area contributed by atoms with Gasteiger partial charge in [-0.1, -0.05) is 49.2 Å². The zero-order chi connectivity index (χ0) is 27.4. The molecule has 0 aromatic heterocycles. The van der Waals surface area contributed by atoms with E-state index in [9.17, 15) is 28.0 Å². The molecular weight excluding hydrogens is 532 g/mol. The lowest BCUT2D eigenvalue weighted by Crippen LogP contribution is -2.59. The summed E-state index contributed by atoms with van der Waals surface area (Å²) in [5, 5.41) is 9.95. The molecule has 2 aromatic rings. The molecule has 0 N–H and O–H groups in total. The first-order valence-corrected chi connectivity index (χ1v) is 12.3. The Morgan fingerprint density at radius 2 is 1.70 bits per heavy atom. The highest BCUT2D eigenvalue weighted by Crippen LogP contribution is 2.35. The van der Waals surface area contributed by atoms with E-state index in [1.54, 1.807) is 18.2 Å². The van der Waals surface area contributed by atoms with Gasteiger partial charge in [0, 0.05) is 19.5 Å². The van der Waals surface area contributed by atoms with Crippen LogP contribution < -0.4 is 9.47 Å². The molecule has 6 nitrogen and oxygen atoms in total. The van der Waals surface area contributed by atoms with Gasteiger partial charge in [-0.25, -0.2) is 0 Å². The molecular formula is C26H25Cl2F3N2O4. The van der Waals surface area contributed by atoms with Crippen LogP contribution >= 0.6 is 23.2 Å². The third-order valence-electron chi connectivity index (χ3n) is 5.95. The van der Waals surface area contributed by atoms with E-state index in [2.05, 4.69) is 0 Å². The van der Waals surface area contributed by atoms with Crippen molar-refractivity contribution < 1.29 is 32.2 Å². The minimum atomic E-state index is -4.58. The Balaban J connectivity index is 1.84. The summed E-state index contributed by atoms with van der Waals surface area (Å²) in [6, 6.07) is 10.5. The molecule has 3 unspecified atom stereocenters. The van der Waals surface area contributed by atoms with Crippen molar-refractivity contribution in [2.75, 3.05) is 19.7 Å². The largest absolute Gasteiger partial charge is 0.492 e. The summed E-state index contributed by atoms with van der Waals surface area (Å²) >= 11 is 12.1. The number of nitriles is 1. The van der Waals surface area contributed by atoms with Gasteiger partial charge >= 0.3 is 11.8 Å². The Labute approximate surface area is 222 Å². The lowest BCUT2D eigenvalue weighted by Gasteiger charge is -2.38. The quantitative estimate of drug-likeness (QED) is 0.362. The first kappa shape index (κ1) is 28.6. The monoisotopic (exact) mass is 556 g/mol. The maximum atomic E-state index is 13.7. The van der Waals surface area contributed by atoms with Crippen molar-refractivity contribution in [2.24, 2.45) is 11.8 Å². The number of carbonyl (C=O) groups excluding carboxylic acids is 2. The fourth-order valence-electron chi connectivity index (χ4n) is 4.32. The van der Waals surface area contributed by atoms with E-state index in [1.807, 2.05) is 13.8 Å². The minimum absolute atomic E-state index is 0.0165. The van der Waals surface area contributed by atoms with Crippen LogP contribution in [0.5, 0.6) is 11.5 Å². The number of ketones is 1. The molecule has 0 saturated carbocycles. The number of benzene rings is 2. The van der Waals surface area contributed by atoms with Gasteiger partial charge in [0.2, 0.25) is 5.78 Å². The van der Waals surface area contributed by atoms with E-state index in [-0.39, 0.29) is 40.0 Å². The zero-order valence-corrected chi connectivity index (χ0v) is 21.7. The summed E-state index contributed by atoms with van der Waals surface area (Å²) in [6.45, 7) is 4.29. The lowest BCUT2D eigenvalue weighted by atomic mass is 9.88. The van der Waals surface area contributed by atoms with Crippen LogP contribution in [0.4, 0.5) is 13.2 Å². The maximum Gasteiger partial charge on any atom is 0.416 e. The Hall–Kier alpha value is -2.96. The number of ether oxygens (including phenoxy) is 2. The number of alkyl halides is 3. The summed E-state index contributed by atoms with van der Waals surface area (Å²) in [5.74, 6) is -1.46. The molecule has 0 bridgehead atoms. The van der Waals surface area contributed by atoms with E-state index in [0.717, 1.165) is 18.6 Å². The second-order valence-corrected chi connectivity index (χ2v) is 9.96. The number of Topliss-reactive ketones (excluding diaryl/α,β-unsaturated/α-hetero) is 1. The molecule has 3 rings (SSSR count). The van der Waals surface area contributed by atoms with E-state index in [0.29, 0.717) is 19.2 Å². The predicted octanol–water partition coefficient (Wildman–Crippen LogP) is 6.20. The van der Waals surface area contributed by atoms with Crippen LogP contribution in [0.3, 0.4) is 0 Å². The lowest BCUT2D eigenvalue weighted by molar-refractivity contribution is -0.153. The number of likely N-dealkylation sites (tertiary alicyclic amines) is 1. The van der Waals surface area contributed by atoms with Crippen LogP contribution in [-0.2, 0) is 15.8 Å². The third-order valence-corrected chi connectivity index (χ3v) is 6.56. The number of hydrogen-bond acceptors (Lipinski definition) is 5. The molecule has 37 heavy (non-hydrogen) atoms. The van der Waals surface area contributed by atoms with Crippen molar-refractivity contribution in [1.29, 1.82) is 5.26 Å². The zero-order valence-electron chi connectivity index (χ0n) is 20.1. The molecule has 0 aliphatic carbocycles. The molecule has 0 radical (unpaired) electrons. The molecule has 198 valence electrons. The van der Waals surface area contributed by atoms with Gasteiger partial charge in [-0.3, -0.25) is 9.59 Å². The van der Waals surface area contributed by atoms with Gasteiger partial charge < -0.3 is 14.4 Å². The molecule has 1 fully saturated rings. The second-order valence-electron chi connectivity index (χ2n) is 9.15. The number of hydrogen-bond donors (Lipinski definition) is 0. The number of piperidine rings is 1. The maximum absolute atomic E-state index is 13.7. The van der Waals surface area contributed by atoms with Crippen LogP contribution in [0.25, 0.3) is 0 Å². The number of rotatable bonds is 8.